The molecule has 0 amide bonds. The van der Waals surface area contributed by atoms with Crippen LogP contribution in [-0.4, -0.2) is 81.2 Å². The van der Waals surface area contributed by atoms with Gasteiger partial charge in [0, 0.05) is 0 Å². The van der Waals surface area contributed by atoms with Crippen LogP contribution in [0.4, 0.5) is 0 Å². The highest BCUT2D eigenvalue weighted by atomic mass is 79.9. The summed E-state index contributed by atoms with van der Waals surface area (Å²) in [6.07, 6.45) is -0.309. The molecule has 2 aliphatic heterocycles. The molecule has 0 radical (unpaired) electrons. The highest BCUT2D eigenvalue weighted by Gasteiger charge is 2.17. The minimum atomic E-state index is -0.409. The first-order valence-electron chi connectivity index (χ1n) is 11.8. The van der Waals surface area contributed by atoms with Crippen LogP contribution >= 0.6 is 15.9 Å². The quantitative estimate of drug-likeness (QED) is 0.361. The summed E-state index contributed by atoms with van der Waals surface area (Å²) < 4.78 is 35.7. The lowest BCUT2D eigenvalue weighted by atomic mass is 10.2. The van der Waals surface area contributed by atoms with Gasteiger partial charge in [0.15, 0.2) is 12.6 Å². The zero-order chi connectivity index (χ0) is 26.9. The molecule has 37 heavy (non-hydrogen) atoms. The van der Waals surface area contributed by atoms with E-state index in [2.05, 4.69) is 15.9 Å². The van der Waals surface area contributed by atoms with Crippen LogP contribution in [0.25, 0.3) is 0 Å². The Morgan fingerprint density at radius 2 is 1.35 bits per heavy atom. The standard InChI is InChI=1S/C13H16O5.C9H10O3.C4H7BrO2/c1-2-15-13(14)10-4-3-5-11(8-10)18-9-12-16-6-7-17-12;1-2-12-9(11)7-4-3-5-8(10)6-7;5-3-4-6-1-2-7-4/h3-5,8,12H,2,6-7,9H2,1H3;3-6,10H,2H2,1H3;4H,1-3H2. The van der Waals surface area contributed by atoms with Crippen molar-refractivity contribution in [2.75, 3.05) is 51.6 Å². The summed E-state index contributed by atoms with van der Waals surface area (Å²) in [5, 5.41) is 9.81. The van der Waals surface area contributed by atoms with E-state index in [9.17, 15) is 9.59 Å². The molecule has 2 fully saturated rings. The summed E-state index contributed by atoms with van der Waals surface area (Å²) in [4.78, 5) is 22.6. The third-order valence-electron chi connectivity index (χ3n) is 4.60. The van der Waals surface area contributed by atoms with Gasteiger partial charge in [0.1, 0.15) is 18.1 Å². The predicted octanol–water partition coefficient (Wildman–Crippen LogP) is 3.94. The Hall–Kier alpha value is -2.70. The predicted molar refractivity (Wildman–Crippen MR) is 137 cm³/mol. The molecule has 0 saturated carbocycles. The van der Waals surface area contributed by atoms with E-state index in [4.69, 9.17) is 38.3 Å². The number of esters is 2. The van der Waals surface area contributed by atoms with Crippen LogP contribution in [0.15, 0.2) is 48.5 Å². The molecule has 10 nitrogen and oxygen atoms in total. The molecule has 2 aromatic carbocycles. The lowest BCUT2D eigenvalue weighted by Gasteiger charge is -2.11. The topological polar surface area (TPSA) is 119 Å². The number of rotatable bonds is 8. The molecule has 2 saturated heterocycles. The van der Waals surface area contributed by atoms with Crippen LogP contribution in [0.5, 0.6) is 11.5 Å². The Morgan fingerprint density at radius 1 is 0.838 bits per heavy atom. The van der Waals surface area contributed by atoms with Crippen molar-refractivity contribution in [3.63, 3.8) is 0 Å². The Bertz CT molecular complexity index is 942. The second-order valence-electron chi connectivity index (χ2n) is 7.33. The third-order valence-corrected chi connectivity index (χ3v) is 5.12. The highest BCUT2D eigenvalue weighted by Crippen LogP contribution is 2.16. The summed E-state index contributed by atoms with van der Waals surface area (Å²) >= 11 is 3.23. The van der Waals surface area contributed by atoms with Crippen LogP contribution in [0.3, 0.4) is 0 Å². The van der Waals surface area contributed by atoms with Gasteiger partial charge in [0.05, 0.1) is 56.1 Å². The van der Waals surface area contributed by atoms with Crippen LogP contribution in [0.2, 0.25) is 0 Å². The van der Waals surface area contributed by atoms with Gasteiger partial charge in [-0.3, -0.25) is 0 Å². The van der Waals surface area contributed by atoms with Gasteiger partial charge in [0.25, 0.3) is 0 Å². The fraction of sp³-hybridized carbons (Fsp3) is 0.462. The van der Waals surface area contributed by atoms with Crippen molar-refractivity contribution >= 4 is 27.9 Å². The van der Waals surface area contributed by atoms with E-state index < -0.39 is 5.97 Å². The molecule has 4 rings (SSSR count). The zero-order valence-corrected chi connectivity index (χ0v) is 22.5. The minimum absolute atomic E-state index is 0.0139. The van der Waals surface area contributed by atoms with E-state index in [-0.39, 0.29) is 24.3 Å². The smallest absolute Gasteiger partial charge is 0.338 e. The summed E-state index contributed by atoms with van der Waals surface area (Å²) in [5.41, 5.74) is 0.847. The fourth-order valence-electron chi connectivity index (χ4n) is 2.94. The minimum Gasteiger partial charge on any atom is -0.508 e. The van der Waals surface area contributed by atoms with E-state index in [1.165, 1.54) is 12.1 Å². The van der Waals surface area contributed by atoms with Crippen molar-refractivity contribution in [1.29, 1.82) is 0 Å². The summed E-state index contributed by atoms with van der Waals surface area (Å²) in [6.45, 7) is 7.20. The molecule has 11 heteroatoms. The van der Waals surface area contributed by atoms with Gasteiger partial charge < -0.3 is 38.3 Å². The molecule has 0 aliphatic carbocycles. The zero-order valence-electron chi connectivity index (χ0n) is 20.9. The molecule has 2 aromatic rings. The van der Waals surface area contributed by atoms with E-state index >= 15 is 0 Å². The van der Waals surface area contributed by atoms with Gasteiger partial charge in [0.2, 0.25) is 0 Å². The number of benzene rings is 2. The Labute approximate surface area is 224 Å². The van der Waals surface area contributed by atoms with Crippen LogP contribution in [0.1, 0.15) is 34.6 Å². The van der Waals surface area contributed by atoms with Gasteiger partial charge in [-0.1, -0.05) is 28.1 Å². The Balaban J connectivity index is 0.000000217. The average molecular weight is 585 g/mol. The number of carbonyl (C=O) groups is 2. The van der Waals surface area contributed by atoms with Crippen molar-refractivity contribution in [2.24, 2.45) is 0 Å². The summed E-state index contributed by atoms with van der Waals surface area (Å²) in [7, 11) is 0. The third kappa shape index (κ3) is 11.9. The van der Waals surface area contributed by atoms with Crippen molar-refractivity contribution in [2.45, 2.75) is 26.4 Å². The molecule has 2 heterocycles. The summed E-state index contributed by atoms with van der Waals surface area (Å²) in [5.74, 6) is -0.0927. The second kappa shape index (κ2) is 17.7. The van der Waals surface area contributed by atoms with Crippen molar-refractivity contribution in [3.8, 4) is 11.5 Å². The van der Waals surface area contributed by atoms with Crippen LogP contribution in [-0.2, 0) is 28.4 Å². The molecule has 1 N–H and O–H groups in total. The number of phenols is 1. The molecular formula is C26H33BrO10. The number of hydrogen-bond donors (Lipinski definition) is 1. The molecule has 0 atom stereocenters. The van der Waals surface area contributed by atoms with Crippen LogP contribution in [0, 0.1) is 0 Å². The molecule has 204 valence electrons. The number of hydrogen-bond acceptors (Lipinski definition) is 10. The van der Waals surface area contributed by atoms with Crippen molar-refractivity contribution in [3.05, 3.63) is 59.7 Å². The first-order chi connectivity index (χ1) is 18.0. The second-order valence-corrected chi connectivity index (χ2v) is 7.97. The molecule has 0 aromatic heterocycles. The van der Waals surface area contributed by atoms with E-state index in [0.29, 0.717) is 49.9 Å². The number of halogens is 1. The van der Waals surface area contributed by atoms with Crippen molar-refractivity contribution < 1.29 is 47.9 Å². The van der Waals surface area contributed by atoms with Gasteiger partial charge >= 0.3 is 11.9 Å². The maximum atomic E-state index is 11.5. The number of aromatic hydroxyl groups is 1. The fourth-order valence-corrected chi connectivity index (χ4v) is 3.31. The lowest BCUT2D eigenvalue weighted by Crippen LogP contribution is -2.18. The number of phenolic OH excluding ortho intramolecular Hbond substituents is 1. The summed E-state index contributed by atoms with van der Waals surface area (Å²) in [6, 6.07) is 12.9. The lowest BCUT2D eigenvalue weighted by molar-refractivity contribution is -0.0684. The molecule has 2 aliphatic rings. The van der Waals surface area contributed by atoms with Gasteiger partial charge in [-0.05, 0) is 50.2 Å². The van der Waals surface area contributed by atoms with Crippen LogP contribution < -0.4 is 4.74 Å². The van der Waals surface area contributed by atoms with E-state index in [0.717, 1.165) is 18.5 Å². The Kier molecular flexibility index (Phi) is 14.6. The molecular weight excluding hydrogens is 552 g/mol. The maximum absolute atomic E-state index is 11.5. The Morgan fingerprint density at radius 3 is 1.84 bits per heavy atom. The van der Waals surface area contributed by atoms with Gasteiger partial charge in [-0.25, -0.2) is 9.59 Å². The molecule has 0 spiro atoms. The first-order valence-corrected chi connectivity index (χ1v) is 13.0. The largest absolute Gasteiger partial charge is 0.508 e. The van der Waals surface area contributed by atoms with Crippen molar-refractivity contribution in [1.82, 2.24) is 0 Å². The average Bonchev–Trinajstić information content (AvgIpc) is 3.63. The SMILES string of the molecule is BrCC1OCCO1.CCOC(=O)c1cccc(O)c1.CCOC(=O)c1cccc(OCC2OCCO2)c1. The van der Waals surface area contributed by atoms with Gasteiger partial charge in [-0.15, -0.1) is 0 Å². The van der Waals surface area contributed by atoms with Gasteiger partial charge in [-0.2, -0.15) is 0 Å². The monoisotopic (exact) mass is 584 g/mol. The normalized spacial score (nSPS) is 15.1. The number of alkyl halides is 1. The maximum Gasteiger partial charge on any atom is 0.338 e. The number of ether oxygens (including phenoxy) is 7. The first kappa shape index (κ1) is 30.5. The molecule has 0 unspecified atom stereocenters. The van der Waals surface area contributed by atoms with E-state index in [1.54, 1.807) is 50.2 Å². The number of carbonyl (C=O) groups excluding carboxylic acids is 2. The molecule has 0 bridgehead atoms. The highest BCUT2D eigenvalue weighted by molar-refractivity contribution is 9.09. The van der Waals surface area contributed by atoms with E-state index in [1.807, 2.05) is 0 Å².